The Morgan fingerprint density at radius 1 is 1.45 bits per heavy atom. The third-order valence-corrected chi connectivity index (χ3v) is 1.73. The van der Waals surface area contributed by atoms with Crippen molar-refractivity contribution in [1.29, 1.82) is 0 Å². The maximum Gasteiger partial charge on any atom is 0.309 e. The Labute approximate surface area is 78.6 Å². The maximum atomic E-state index is 10.5. The normalized spacial score (nSPS) is 10.5. The Balaban J connectivity index is 0. The van der Waals surface area contributed by atoms with Gasteiger partial charge in [-0.25, -0.2) is 0 Å². The molecule has 1 N–H and O–H groups in total. The van der Waals surface area contributed by atoms with Gasteiger partial charge in [-0.1, -0.05) is 19.8 Å². The van der Waals surface area contributed by atoms with Crippen LogP contribution in [0, 0.1) is 5.41 Å². The van der Waals surface area contributed by atoms with Crippen LogP contribution >= 0.6 is 0 Å². The summed E-state index contributed by atoms with van der Waals surface area (Å²) in [5.41, 5.74) is -0.532. The summed E-state index contributed by atoms with van der Waals surface area (Å²) in [6, 6.07) is 0. The first-order chi connectivity index (χ1) is 4.50. The summed E-state index contributed by atoms with van der Waals surface area (Å²) in [6.45, 7) is 5.61. The van der Waals surface area contributed by atoms with Crippen LogP contribution in [0.2, 0.25) is 0 Å². The van der Waals surface area contributed by atoms with Gasteiger partial charge in [-0.3, -0.25) is 4.79 Å². The average Bonchev–Trinajstić information content (AvgIpc) is 1.84. The molecule has 0 spiro atoms. The predicted molar refractivity (Wildman–Crippen MR) is 40.9 cm³/mol. The summed E-state index contributed by atoms with van der Waals surface area (Å²) in [6.07, 6.45) is 2.84. The minimum Gasteiger partial charge on any atom is -0.481 e. The van der Waals surface area contributed by atoms with Gasteiger partial charge in [0.1, 0.15) is 0 Å². The molecular weight excluding hydrogens is 187 g/mol. The number of aliphatic carboxylic acids is 1. The topological polar surface area (TPSA) is 37.3 Å². The molecule has 0 heterocycles. The summed E-state index contributed by atoms with van der Waals surface area (Å²) in [7, 11) is 0. The van der Waals surface area contributed by atoms with Gasteiger partial charge in [0.25, 0.3) is 0 Å². The monoisotopic (exact) mass is 203 g/mol. The van der Waals surface area contributed by atoms with E-state index < -0.39 is 11.4 Å². The molecule has 0 aromatic heterocycles. The Kier molecular flexibility index (Phi) is 6.91. The zero-order valence-electron chi connectivity index (χ0n) is 7.31. The summed E-state index contributed by atoms with van der Waals surface area (Å²) in [5.74, 6) is -0.694. The van der Waals surface area contributed by atoms with E-state index in [-0.39, 0.29) is 16.8 Å². The molecule has 3 heteroatoms. The molecule has 0 aromatic carbocycles. The fraction of sp³-hybridized carbons (Fsp3) is 0.875. The van der Waals surface area contributed by atoms with E-state index in [9.17, 15) is 4.79 Å². The molecule has 0 aliphatic heterocycles. The molecule has 0 bridgehead atoms. The second-order valence-corrected chi connectivity index (χ2v) is 3.29. The molecule has 1 radical (unpaired) electrons. The smallest absolute Gasteiger partial charge is 0.309 e. The number of unbranched alkanes of at least 4 members (excludes halogenated alkanes) is 1. The van der Waals surface area contributed by atoms with Crippen molar-refractivity contribution in [2.75, 3.05) is 0 Å². The minimum atomic E-state index is -0.694. The van der Waals surface area contributed by atoms with Gasteiger partial charge in [0.05, 0.1) is 5.41 Å². The number of hydrogen-bond donors (Lipinski definition) is 1. The number of carboxylic acid groups (broad SMARTS) is 1. The Morgan fingerprint density at radius 2 is 1.91 bits per heavy atom. The van der Waals surface area contributed by atoms with Crippen LogP contribution in [0.15, 0.2) is 0 Å². The Morgan fingerprint density at radius 3 is 2.18 bits per heavy atom. The molecule has 69 valence electrons. The maximum absolute atomic E-state index is 10.5. The van der Waals surface area contributed by atoms with Gasteiger partial charge in [-0.05, 0) is 20.3 Å². The van der Waals surface area contributed by atoms with E-state index in [2.05, 4.69) is 6.92 Å². The van der Waals surface area contributed by atoms with E-state index in [1.54, 1.807) is 13.8 Å². The van der Waals surface area contributed by atoms with E-state index >= 15 is 0 Å². The summed E-state index contributed by atoms with van der Waals surface area (Å²) in [5, 5.41) is 8.67. The molecule has 0 fully saturated rings. The largest absolute Gasteiger partial charge is 0.481 e. The van der Waals surface area contributed by atoms with Gasteiger partial charge >= 0.3 is 5.97 Å². The molecule has 11 heavy (non-hydrogen) atoms. The fourth-order valence-electron chi connectivity index (χ4n) is 0.726. The summed E-state index contributed by atoms with van der Waals surface area (Å²) >= 11 is 0. The summed E-state index contributed by atoms with van der Waals surface area (Å²) in [4.78, 5) is 10.5. The molecule has 2 nitrogen and oxygen atoms in total. The first kappa shape index (κ1) is 13.6. The second-order valence-electron chi connectivity index (χ2n) is 3.29. The van der Waals surface area contributed by atoms with Gasteiger partial charge in [0.15, 0.2) is 0 Å². The van der Waals surface area contributed by atoms with Gasteiger partial charge in [-0.2, -0.15) is 0 Å². The van der Waals surface area contributed by atoms with Crippen LogP contribution in [0.1, 0.15) is 40.0 Å². The SMILES string of the molecule is CCCCC(C)(C)C(=O)O.[Co]. The third-order valence-electron chi connectivity index (χ3n) is 1.73. The molecule has 0 saturated heterocycles. The zero-order chi connectivity index (χ0) is 8.20. The van der Waals surface area contributed by atoms with Crippen molar-refractivity contribution in [2.45, 2.75) is 40.0 Å². The van der Waals surface area contributed by atoms with E-state index in [1.165, 1.54) is 0 Å². The molecule has 0 aromatic rings. The number of hydrogen-bond acceptors (Lipinski definition) is 1. The van der Waals surface area contributed by atoms with Crippen molar-refractivity contribution in [1.82, 2.24) is 0 Å². The van der Waals surface area contributed by atoms with E-state index in [0.29, 0.717) is 0 Å². The average molecular weight is 203 g/mol. The quantitative estimate of drug-likeness (QED) is 0.761. The molecule has 0 unspecified atom stereocenters. The fourth-order valence-corrected chi connectivity index (χ4v) is 0.726. The molecule has 0 atom stereocenters. The molecular formula is C8H16CoO2. The van der Waals surface area contributed by atoms with Crippen LogP contribution in [-0.4, -0.2) is 11.1 Å². The van der Waals surface area contributed by atoms with Gasteiger partial charge in [0.2, 0.25) is 0 Å². The Bertz CT molecular complexity index is 121. The van der Waals surface area contributed by atoms with Crippen LogP contribution in [-0.2, 0) is 21.6 Å². The van der Waals surface area contributed by atoms with Gasteiger partial charge < -0.3 is 5.11 Å². The van der Waals surface area contributed by atoms with Crippen molar-refractivity contribution in [3.8, 4) is 0 Å². The zero-order valence-corrected chi connectivity index (χ0v) is 8.35. The number of carboxylic acids is 1. The van der Waals surface area contributed by atoms with E-state index in [0.717, 1.165) is 19.3 Å². The number of carbonyl (C=O) groups is 1. The first-order valence-corrected chi connectivity index (χ1v) is 3.74. The second kappa shape index (κ2) is 5.60. The Hall–Kier alpha value is -0.0235. The predicted octanol–water partition coefficient (Wildman–Crippen LogP) is 2.28. The molecule has 0 aliphatic carbocycles. The summed E-state index contributed by atoms with van der Waals surface area (Å²) < 4.78 is 0. The van der Waals surface area contributed by atoms with Gasteiger partial charge in [0, 0.05) is 16.8 Å². The van der Waals surface area contributed by atoms with Crippen LogP contribution in [0.3, 0.4) is 0 Å². The molecule has 0 amide bonds. The van der Waals surface area contributed by atoms with Crippen LogP contribution in [0.4, 0.5) is 0 Å². The molecule has 0 saturated carbocycles. The van der Waals surface area contributed by atoms with E-state index in [1.807, 2.05) is 0 Å². The van der Waals surface area contributed by atoms with Crippen LogP contribution < -0.4 is 0 Å². The molecule has 0 rings (SSSR count). The van der Waals surface area contributed by atoms with Crippen molar-refractivity contribution >= 4 is 5.97 Å². The van der Waals surface area contributed by atoms with Crippen molar-refractivity contribution in [2.24, 2.45) is 5.41 Å². The van der Waals surface area contributed by atoms with Crippen LogP contribution in [0.5, 0.6) is 0 Å². The van der Waals surface area contributed by atoms with Crippen molar-refractivity contribution in [3.63, 3.8) is 0 Å². The van der Waals surface area contributed by atoms with Gasteiger partial charge in [-0.15, -0.1) is 0 Å². The van der Waals surface area contributed by atoms with Crippen LogP contribution in [0.25, 0.3) is 0 Å². The molecule has 0 aliphatic rings. The standard InChI is InChI=1S/C8H16O2.Co/c1-4-5-6-8(2,3)7(9)10;/h4-6H2,1-3H3,(H,9,10);. The third kappa shape index (κ3) is 5.27. The van der Waals surface area contributed by atoms with E-state index in [4.69, 9.17) is 5.11 Å². The number of rotatable bonds is 4. The van der Waals surface area contributed by atoms with Crippen molar-refractivity contribution in [3.05, 3.63) is 0 Å². The van der Waals surface area contributed by atoms with Crippen molar-refractivity contribution < 1.29 is 26.7 Å². The minimum absolute atomic E-state index is 0. The first-order valence-electron chi connectivity index (χ1n) is 3.74.